The average Bonchev–Trinajstić information content (AvgIpc) is 3.30. The molecule has 9 rings (SSSR count). The molecule has 0 amide bonds. The molecule has 0 unspecified atom stereocenters. The van der Waals surface area contributed by atoms with E-state index in [9.17, 15) is 0 Å². The van der Waals surface area contributed by atoms with Gasteiger partial charge in [0.2, 0.25) is 0 Å². The zero-order chi connectivity index (χ0) is 38.6. The monoisotopic (exact) mass is 733 g/mol. The first-order chi connectivity index (χ1) is 28.1. The van der Waals surface area contributed by atoms with Crippen LogP contribution < -0.4 is 0 Å². The van der Waals surface area contributed by atoms with E-state index in [-0.39, 0.29) is 0 Å². The van der Waals surface area contributed by atoms with Gasteiger partial charge in [0.1, 0.15) is 0 Å². The highest BCUT2D eigenvalue weighted by atomic mass is 15.0. The van der Waals surface area contributed by atoms with Crippen LogP contribution in [0.2, 0.25) is 0 Å². The van der Waals surface area contributed by atoms with Crippen LogP contribution in [0.1, 0.15) is 47.9 Å². The normalized spacial score (nSPS) is 13.9. The van der Waals surface area contributed by atoms with Crippen molar-refractivity contribution in [1.29, 1.82) is 0 Å². The number of nitrogens with zero attached hydrogens (tertiary/aromatic N) is 3. The van der Waals surface area contributed by atoms with E-state index in [4.69, 9.17) is 15.0 Å². The summed E-state index contributed by atoms with van der Waals surface area (Å²) in [7, 11) is 0. The summed E-state index contributed by atoms with van der Waals surface area (Å²) in [4.78, 5) is 15.1. The molecule has 7 aromatic rings. The topological polar surface area (TPSA) is 38.7 Å². The molecule has 2 aliphatic rings. The van der Waals surface area contributed by atoms with Crippen LogP contribution in [0.4, 0.5) is 0 Å². The maximum Gasteiger partial charge on any atom is 0.164 e. The van der Waals surface area contributed by atoms with Gasteiger partial charge in [-0.2, -0.15) is 0 Å². The fraction of sp³-hybridized carbons (Fsp3) is 0.0926. The Hall–Kier alpha value is -6.97. The SMILES string of the molecule is C=CC1=C(c2cccc(-c3nc(-c4ccccc4)nc(-c4ccccc4)n3)c2C)C(c2ccc(-c3cc(C4=CCCC=C4)cc(-c4ccccc4)c3)cc2)=CCC1. The summed E-state index contributed by atoms with van der Waals surface area (Å²) in [5.41, 5.74) is 17.4. The number of hydrogen-bond donors (Lipinski definition) is 0. The van der Waals surface area contributed by atoms with Gasteiger partial charge in [0, 0.05) is 16.7 Å². The maximum atomic E-state index is 5.08. The third-order valence-electron chi connectivity index (χ3n) is 11.0. The van der Waals surface area contributed by atoms with Crippen LogP contribution in [0.3, 0.4) is 0 Å². The molecular weight excluding hydrogens is 691 g/mol. The Balaban J connectivity index is 1.11. The molecule has 1 heterocycles. The second-order valence-electron chi connectivity index (χ2n) is 14.7. The Labute approximate surface area is 335 Å². The van der Waals surface area contributed by atoms with Gasteiger partial charge in [-0.15, -0.1) is 0 Å². The molecule has 1 aromatic heterocycles. The quantitative estimate of drug-likeness (QED) is 0.148. The van der Waals surface area contributed by atoms with Crippen molar-refractivity contribution in [2.24, 2.45) is 0 Å². The van der Waals surface area contributed by atoms with E-state index in [0.717, 1.165) is 53.5 Å². The van der Waals surface area contributed by atoms with Crippen LogP contribution in [-0.2, 0) is 0 Å². The fourth-order valence-corrected chi connectivity index (χ4v) is 8.06. The van der Waals surface area contributed by atoms with Crippen molar-refractivity contribution in [3.8, 4) is 56.4 Å². The Bertz CT molecular complexity index is 2660. The maximum absolute atomic E-state index is 5.08. The lowest BCUT2D eigenvalue weighted by Crippen LogP contribution is -2.04. The minimum absolute atomic E-state index is 0.655. The molecule has 0 saturated carbocycles. The predicted molar refractivity (Wildman–Crippen MR) is 239 cm³/mol. The van der Waals surface area contributed by atoms with Gasteiger partial charge in [-0.05, 0) is 118 Å². The highest BCUT2D eigenvalue weighted by molar-refractivity contribution is 6.08. The summed E-state index contributed by atoms with van der Waals surface area (Å²) in [6.07, 6.45) is 15.4. The molecule has 6 aromatic carbocycles. The van der Waals surface area contributed by atoms with Gasteiger partial charge in [0.15, 0.2) is 17.5 Å². The summed E-state index contributed by atoms with van der Waals surface area (Å²) >= 11 is 0. The average molecular weight is 734 g/mol. The molecular formula is C54H43N3. The lowest BCUT2D eigenvalue weighted by atomic mass is 9.80. The van der Waals surface area contributed by atoms with Crippen molar-refractivity contribution < 1.29 is 0 Å². The Kier molecular flexibility index (Phi) is 10.0. The Morgan fingerprint density at radius 1 is 0.474 bits per heavy atom. The van der Waals surface area contributed by atoms with Crippen molar-refractivity contribution in [1.82, 2.24) is 15.0 Å². The number of rotatable bonds is 9. The highest BCUT2D eigenvalue weighted by Crippen LogP contribution is 2.43. The third-order valence-corrected chi connectivity index (χ3v) is 11.0. The van der Waals surface area contributed by atoms with Crippen molar-refractivity contribution in [3.63, 3.8) is 0 Å². The standard InChI is InChI=1S/C54H43N3/c1-3-38-26-16-29-50(42-32-30-41(31-33-42)47-35-45(39-18-8-4-9-19-39)34-46(36-47)40-20-10-5-11-21-40)51(38)48-27-17-28-49(37(48)2)54-56-52(43-22-12-6-13-23-43)55-53(57-54)44-24-14-7-15-25-44/h3-4,6-10,12-15,17-25,27-36H,1,5,11,16,26H2,2H3. The van der Waals surface area contributed by atoms with Gasteiger partial charge in [0.05, 0.1) is 0 Å². The van der Waals surface area contributed by atoms with Crippen molar-refractivity contribution in [2.75, 3.05) is 0 Å². The Morgan fingerprint density at radius 3 is 1.61 bits per heavy atom. The number of hydrogen-bond acceptors (Lipinski definition) is 3. The molecule has 0 radical (unpaired) electrons. The molecule has 0 N–H and O–H groups in total. The molecule has 2 aliphatic carbocycles. The van der Waals surface area contributed by atoms with E-state index in [0.29, 0.717) is 17.5 Å². The van der Waals surface area contributed by atoms with E-state index in [2.05, 4.69) is 129 Å². The predicted octanol–water partition coefficient (Wildman–Crippen LogP) is 14.1. The molecule has 3 heteroatoms. The molecule has 274 valence electrons. The van der Waals surface area contributed by atoms with Gasteiger partial charge >= 0.3 is 0 Å². The van der Waals surface area contributed by atoms with Gasteiger partial charge < -0.3 is 0 Å². The highest BCUT2D eigenvalue weighted by Gasteiger charge is 2.22. The van der Waals surface area contributed by atoms with Crippen LogP contribution in [-0.4, -0.2) is 15.0 Å². The van der Waals surface area contributed by atoms with Crippen LogP contribution in [0.5, 0.6) is 0 Å². The summed E-state index contributed by atoms with van der Waals surface area (Å²) in [6, 6.07) is 53.6. The second-order valence-corrected chi connectivity index (χ2v) is 14.7. The van der Waals surface area contributed by atoms with Crippen molar-refractivity contribution in [3.05, 3.63) is 216 Å². The minimum Gasteiger partial charge on any atom is -0.208 e. The molecule has 0 bridgehead atoms. The first-order valence-corrected chi connectivity index (χ1v) is 19.8. The van der Waals surface area contributed by atoms with Gasteiger partial charge in [0.25, 0.3) is 0 Å². The number of aromatic nitrogens is 3. The molecule has 0 atom stereocenters. The van der Waals surface area contributed by atoms with E-state index in [1.165, 1.54) is 55.7 Å². The minimum atomic E-state index is 0.655. The van der Waals surface area contributed by atoms with E-state index < -0.39 is 0 Å². The van der Waals surface area contributed by atoms with Gasteiger partial charge in [-0.25, -0.2) is 15.0 Å². The molecule has 0 spiro atoms. The first kappa shape index (κ1) is 35.7. The molecule has 0 saturated heterocycles. The van der Waals surface area contributed by atoms with E-state index in [1.807, 2.05) is 66.7 Å². The summed E-state index contributed by atoms with van der Waals surface area (Å²) in [6.45, 7) is 6.49. The third kappa shape index (κ3) is 7.40. The smallest absolute Gasteiger partial charge is 0.164 e. The number of benzene rings is 6. The van der Waals surface area contributed by atoms with Crippen molar-refractivity contribution >= 4 is 16.7 Å². The molecule has 3 nitrogen and oxygen atoms in total. The molecule has 0 aliphatic heterocycles. The van der Waals surface area contributed by atoms with E-state index >= 15 is 0 Å². The zero-order valence-corrected chi connectivity index (χ0v) is 32.2. The number of allylic oxidation sites excluding steroid dienone is 9. The van der Waals surface area contributed by atoms with Crippen LogP contribution in [0.25, 0.3) is 73.1 Å². The Morgan fingerprint density at radius 2 is 1.02 bits per heavy atom. The zero-order valence-electron chi connectivity index (χ0n) is 32.2. The largest absolute Gasteiger partial charge is 0.208 e. The van der Waals surface area contributed by atoms with Gasteiger partial charge in [-0.3, -0.25) is 0 Å². The molecule has 57 heavy (non-hydrogen) atoms. The lowest BCUT2D eigenvalue weighted by Gasteiger charge is -2.24. The summed E-state index contributed by atoms with van der Waals surface area (Å²) in [5, 5.41) is 0. The van der Waals surface area contributed by atoms with Gasteiger partial charge in [-0.1, -0.05) is 170 Å². The van der Waals surface area contributed by atoms with Crippen LogP contribution in [0, 0.1) is 6.92 Å². The molecule has 0 fully saturated rings. The van der Waals surface area contributed by atoms with Crippen molar-refractivity contribution in [2.45, 2.75) is 32.6 Å². The summed E-state index contributed by atoms with van der Waals surface area (Å²) in [5.74, 6) is 1.97. The fourth-order valence-electron chi connectivity index (χ4n) is 8.06. The van der Waals surface area contributed by atoms with Crippen LogP contribution >= 0.6 is 0 Å². The van der Waals surface area contributed by atoms with Crippen LogP contribution in [0.15, 0.2) is 194 Å². The lowest BCUT2D eigenvalue weighted by molar-refractivity contribution is 1.000. The summed E-state index contributed by atoms with van der Waals surface area (Å²) < 4.78 is 0. The second kappa shape index (κ2) is 16.0. The first-order valence-electron chi connectivity index (χ1n) is 19.8. The van der Waals surface area contributed by atoms with E-state index in [1.54, 1.807) is 0 Å².